The number of hydrogen-bond acceptors (Lipinski definition) is 6. The van der Waals surface area contributed by atoms with Crippen molar-refractivity contribution in [1.29, 1.82) is 0 Å². The standard InChI is InChI=1S/C18H13F3O4S3/c1-10-3-6-12(7-4-10)28(23,24)15(16(22)25-2)17-26-13-8-5-11(18(19,20)21)9-14(13)27-17/h3-9H,1-2H3. The van der Waals surface area contributed by atoms with Gasteiger partial charge in [-0.2, -0.15) is 13.2 Å². The van der Waals surface area contributed by atoms with Crippen LogP contribution in [0.25, 0.3) is 0 Å². The van der Waals surface area contributed by atoms with Gasteiger partial charge in [-0.15, -0.1) is 0 Å². The lowest BCUT2D eigenvalue weighted by Gasteiger charge is -2.10. The number of aryl methyl sites for hydroxylation is 1. The Balaban J connectivity index is 2.11. The fraction of sp³-hybridized carbons (Fsp3) is 0.167. The number of carbonyl (C=O) groups excluding carboxylic acids is 1. The van der Waals surface area contributed by atoms with Crippen LogP contribution in [0, 0.1) is 6.92 Å². The molecule has 28 heavy (non-hydrogen) atoms. The van der Waals surface area contributed by atoms with Gasteiger partial charge in [0.25, 0.3) is 0 Å². The summed E-state index contributed by atoms with van der Waals surface area (Å²) in [5, 5.41) is 0. The second-order valence-corrected chi connectivity index (χ2v) is 10.0. The molecule has 0 spiro atoms. The van der Waals surface area contributed by atoms with E-state index in [4.69, 9.17) is 0 Å². The molecule has 0 saturated carbocycles. The van der Waals surface area contributed by atoms with Gasteiger partial charge in [0.1, 0.15) is 0 Å². The van der Waals surface area contributed by atoms with Crippen LogP contribution in [-0.2, 0) is 25.5 Å². The summed E-state index contributed by atoms with van der Waals surface area (Å²) in [6.45, 7) is 1.79. The van der Waals surface area contributed by atoms with E-state index in [2.05, 4.69) is 4.74 Å². The average Bonchev–Trinajstić information content (AvgIpc) is 3.03. The Kier molecular flexibility index (Phi) is 5.57. The number of esters is 1. The van der Waals surface area contributed by atoms with Crippen molar-refractivity contribution in [2.75, 3.05) is 7.11 Å². The predicted molar refractivity (Wildman–Crippen MR) is 101 cm³/mol. The molecule has 0 aromatic heterocycles. The molecule has 4 nitrogen and oxygen atoms in total. The molecule has 0 amide bonds. The number of sulfone groups is 1. The molecule has 0 radical (unpaired) electrons. The molecule has 3 rings (SSSR count). The number of thioether (sulfide) groups is 2. The summed E-state index contributed by atoms with van der Waals surface area (Å²) in [7, 11) is -3.18. The zero-order valence-electron chi connectivity index (χ0n) is 14.5. The van der Waals surface area contributed by atoms with Crippen LogP contribution >= 0.6 is 23.5 Å². The molecule has 0 N–H and O–H groups in total. The zero-order chi connectivity index (χ0) is 20.7. The highest BCUT2D eigenvalue weighted by molar-refractivity contribution is 8.25. The van der Waals surface area contributed by atoms with E-state index >= 15 is 0 Å². The third kappa shape index (κ3) is 3.94. The molecule has 2 aromatic rings. The van der Waals surface area contributed by atoms with Gasteiger partial charge in [-0.1, -0.05) is 41.2 Å². The van der Waals surface area contributed by atoms with E-state index in [-0.39, 0.29) is 14.0 Å². The minimum absolute atomic E-state index is 0.0572. The Morgan fingerprint density at radius 3 is 2.18 bits per heavy atom. The first-order valence-corrected chi connectivity index (χ1v) is 10.9. The maximum atomic E-state index is 13.0. The highest BCUT2D eigenvalue weighted by Gasteiger charge is 2.37. The Morgan fingerprint density at radius 1 is 1.00 bits per heavy atom. The Morgan fingerprint density at radius 2 is 1.61 bits per heavy atom. The van der Waals surface area contributed by atoms with Crippen molar-refractivity contribution in [2.24, 2.45) is 0 Å². The molecule has 0 fully saturated rings. The van der Waals surface area contributed by atoms with Gasteiger partial charge >= 0.3 is 12.1 Å². The van der Waals surface area contributed by atoms with E-state index in [1.807, 2.05) is 0 Å². The second kappa shape index (κ2) is 7.49. The third-order valence-electron chi connectivity index (χ3n) is 3.83. The van der Waals surface area contributed by atoms with Gasteiger partial charge in [-0.3, -0.25) is 0 Å². The van der Waals surface area contributed by atoms with Crippen LogP contribution < -0.4 is 0 Å². The molecule has 0 saturated heterocycles. The van der Waals surface area contributed by atoms with Gasteiger partial charge in [0.05, 0.1) is 21.8 Å². The molecule has 1 heterocycles. The van der Waals surface area contributed by atoms with Crippen molar-refractivity contribution in [3.8, 4) is 0 Å². The molecule has 0 bridgehead atoms. The highest BCUT2D eigenvalue weighted by atomic mass is 32.2. The number of alkyl halides is 3. The highest BCUT2D eigenvalue weighted by Crippen LogP contribution is 2.54. The Labute approximate surface area is 168 Å². The number of ether oxygens (including phenoxy) is 1. The van der Waals surface area contributed by atoms with Gasteiger partial charge in [-0.25, -0.2) is 13.2 Å². The number of fused-ring (bicyclic) bond motifs is 1. The summed E-state index contributed by atoms with van der Waals surface area (Å²) in [5.41, 5.74) is -0.00969. The van der Waals surface area contributed by atoms with Gasteiger partial charge < -0.3 is 4.74 Å². The van der Waals surface area contributed by atoms with Crippen molar-refractivity contribution < 1.29 is 31.1 Å². The van der Waals surface area contributed by atoms with Crippen LogP contribution in [0.3, 0.4) is 0 Å². The van der Waals surface area contributed by atoms with E-state index in [1.165, 1.54) is 18.2 Å². The first-order chi connectivity index (χ1) is 13.0. The Hall–Kier alpha value is -1.91. The third-order valence-corrected chi connectivity index (χ3v) is 8.43. The summed E-state index contributed by atoms with van der Waals surface area (Å²) >= 11 is 1.73. The number of rotatable bonds is 3. The predicted octanol–water partition coefficient (Wildman–Crippen LogP) is 5.03. The second-order valence-electron chi connectivity index (χ2n) is 5.79. The van der Waals surface area contributed by atoms with Crippen molar-refractivity contribution in [2.45, 2.75) is 27.8 Å². The molecule has 1 aliphatic rings. The number of benzene rings is 2. The van der Waals surface area contributed by atoms with Gasteiger partial charge in [0.2, 0.25) is 9.84 Å². The van der Waals surface area contributed by atoms with Crippen molar-refractivity contribution >= 4 is 39.3 Å². The number of carbonyl (C=O) groups is 1. The summed E-state index contributed by atoms with van der Waals surface area (Å²) in [6.07, 6.45) is -4.52. The zero-order valence-corrected chi connectivity index (χ0v) is 17.0. The number of halogens is 3. The molecule has 10 heteroatoms. The Bertz CT molecular complexity index is 1070. The smallest absolute Gasteiger partial charge is 0.416 e. The minimum Gasteiger partial charge on any atom is -0.465 e. The topological polar surface area (TPSA) is 60.4 Å². The van der Waals surface area contributed by atoms with Crippen LogP contribution in [0.4, 0.5) is 13.2 Å². The summed E-state index contributed by atoms with van der Waals surface area (Å²) in [4.78, 5) is 12.3. The average molecular weight is 446 g/mol. The van der Waals surface area contributed by atoms with Crippen LogP contribution in [0.1, 0.15) is 11.1 Å². The summed E-state index contributed by atoms with van der Waals surface area (Å²) in [5.74, 6) is -1.07. The minimum atomic E-state index is -4.52. The molecule has 0 aliphatic carbocycles. The SMILES string of the molecule is COC(=O)C(=C1Sc2ccc(C(F)(F)F)cc2S1)S(=O)(=O)c1ccc(C)cc1. The summed E-state index contributed by atoms with van der Waals surface area (Å²) in [6, 6.07) is 9.03. The maximum absolute atomic E-state index is 13.0. The molecule has 0 unspecified atom stereocenters. The van der Waals surface area contributed by atoms with Crippen molar-refractivity contribution in [3.05, 3.63) is 62.7 Å². The van der Waals surface area contributed by atoms with E-state index in [1.54, 1.807) is 19.1 Å². The lowest BCUT2D eigenvalue weighted by molar-refractivity contribution is -0.138. The van der Waals surface area contributed by atoms with Crippen LogP contribution in [0.15, 0.2) is 66.3 Å². The fourth-order valence-corrected chi connectivity index (χ4v) is 6.91. The quantitative estimate of drug-likeness (QED) is 0.487. The van der Waals surface area contributed by atoms with Gasteiger partial charge in [0.15, 0.2) is 4.91 Å². The van der Waals surface area contributed by atoms with E-state index < -0.39 is 32.5 Å². The first kappa shape index (κ1) is 20.8. The molecular weight excluding hydrogens is 433 g/mol. The van der Waals surface area contributed by atoms with Crippen molar-refractivity contribution in [1.82, 2.24) is 0 Å². The van der Waals surface area contributed by atoms with E-state index in [0.29, 0.717) is 4.90 Å². The first-order valence-electron chi connectivity index (χ1n) is 7.75. The van der Waals surface area contributed by atoms with Crippen molar-refractivity contribution in [3.63, 3.8) is 0 Å². The van der Waals surface area contributed by atoms with E-state index in [0.717, 1.165) is 48.3 Å². The molecule has 1 aliphatic heterocycles. The van der Waals surface area contributed by atoms with E-state index in [9.17, 15) is 26.4 Å². The molecule has 148 valence electrons. The molecular formula is C18H13F3O4S3. The fourth-order valence-electron chi connectivity index (χ4n) is 2.39. The van der Waals surface area contributed by atoms with Gasteiger partial charge in [0, 0.05) is 9.79 Å². The summed E-state index contributed by atoms with van der Waals surface area (Å²) < 4.78 is 69.6. The lowest BCUT2D eigenvalue weighted by Crippen LogP contribution is -2.16. The maximum Gasteiger partial charge on any atom is 0.416 e. The molecule has 2 aromatic carbocycles. The largest absolute Gasteiger partial charge is 0.465 e. The normalized spacial score (nSPS) is 15.9. The monoisotopic (exact) mass is 446 g/mol. The molecule has 0 atom stereocenters. The number of hydrogen-bond donors (Lipinski definition) is 0. The van der Waals surface area contributed by atoms with Crippen LogP contribution in [0.5, 0.6) is 0 Å². The van der Waals surface area contributed by atoms with Crippen LogP contribution in [-0.4, -0.2) is 21.5 Å². The lowest BCUT2D eigenvalue weighted by atomic mass is 10.2. The van der Waals surface area contributed by atoms with Crippen LogP contribution in [0.2, 0.25) is 0 Å². The number of methoxy groups -OCH3 is 1. The van der Waals surface area contributed by atoms with Gasteiger partial charge in [-0.05, 0) is 37.3 Å².